The van der Waals surface area contributed by atoms with Gasteiger partial charge >= 0.3 is 0 Å². The van der Waals surface area contributed by atoms with Crippen LogP contribution in [0.2, 0.25) is 0 Å². The van der Waals surface area contributed by atoms with Crippen molar-refractivity contribution < 1.29 is 24.7 Å². The summed E-state index contributed by atoms with van der Waals surface area (Å²) >= 11 is 3.36. The molecule has 0 amide bonds. The Morgan fingerprint density at radius 2 is 1.27 bits per heavy atom. The van der Waals surface area contributed by atoms with Crippen LogP contribution in [0.25, 0.3) is 33.8 Å². The van der Waals surface area contributed by atoms with E-state index in [0.29, 0.717) is 5.82 Å². The van der Waals surface area contributed by atoms with Gasteiger partial charge in [-0.15, -0.1) is 41.2 Å². The molecule has 0 saturated heterocycles. The molecule has 1 radical (unpaired) electrons. The van der Waals surface area contributed by atoms with E-state index >= 15 is 0 Å². The van der Waals surface area contributed by atoms with Gasteiger partial charge in [-0.2, -0.15) is 0 Å². The van der Waals surface area contributed by atoms with Gasteiger partial charge < -0.3 is 19.5 Å². The first-order valence-electron chi connectivity index (χ1n) is 13.7. The van der Waals surface area contributed by atoms with Crippen molar-refractivity contribution in [3.8, 4) is 22.8 Å². The van der Waals surface area contributed by atoms with Crippen molar-refractivity contribution >= 4 is 57.6 Å². The summed E-state index contributed by atoms with van der Waals surface area (Å²) in [6.07, 6.45) is 3.54. The zero-order valence-electron chi connectivity index (χ0n) is 22.9. The van der Waals surface area contributed by atoms with Crippen LogP contribution in [0.4, 0.5) is 0 Å². The molecular weight excluding hydrogens is 780 g/mol. The third-order valence-corrected chi connectivity index (χ3v) is 13.3. The number of rotatable bonds is 2. The van der Waals surface area contributed by atoms with Crippen LogP contribution >= 0.6 is 30.7 Å². The number of benzene rings is 4. The van der Waals surface area contributed by atoms with E-state index < -0.39 is 7.14 Å². The average molecular weight is 801 g/mol. The van der Waals surface area contributed by atoms with Crippen LogP contribution in [0.3, 0.4) is 0 Å². The monoisotopic (exact) mass is 801 g/mol. The molecule has 9 rings (SSSR count). The molecule has 1 unspecified atom stereocenters. The van der Waals surface area contributed by atoms with Crippen LogP contribution in [0.15, 0.2) is 147 Å². The van der Waals surface area contributed by atoms with E-state index in [0.717, 1.165) is 63.5 Å². The van der Waals surface area contributed by atoms with Gasteiger partial charge in [-0.3, -0.25) is 4.98 Å². The number of pyridine rings is 2. The number of fused-ring (bicyclic) bond motifs is 5. The van der Waals surface area contributed by atoms with Gasteiger partial charge in [0.05, 0.1) is 5.69 Å². The third kappa shape index (κ3) is 4.97. The quantitative estimate of drug-likeness (QED) is 0.134. The number of para-hydroxylation sites is 2. The summed E-state index contributed by atoms with van der Waals surface area (Å²) < 4.78 is 14.7. The number of nitrogens with zero attached hydrogens (tertiary/aromatic N) is 4. The molecule has 0 spiro atoms. The molecule has 2 aliphatic rings. The van der Waals surface area contributed by atoms with Gasteiger partial charge in [0.1, 0.15) is 7.14 Å². The Kier molecular flexibility index (Phi) is 7.88. The molecule has 215 valence electrons. The molecule has 0 bridgehead atoms. The molecule has 2 aliphatic heterocycles. The average Bonchev–Trinajstić information content (AvgIpc) is 3.51. The first kappa shape index (κ1) is 29.0. The number of hydrogen-bond donors (Lipinski definition) is 0. The molecule has 0 saturated carbocycles. The minimum Gasteiger partial charge on any atom is -0.434 e. The number of aromatic nitrogens is 4. The summed E-state index contributed by atoms with van der Waals surface area (Å²) in [6, 6.07) is 41.3. The van der Waals surface area contributed by atoms with Crippen LogP contribution in [-0.2, 0) is 24.7 Å². The van der Waals surface area contributed by atoms with Gasteiger partial charge in [-0.25, -0.2) is 0 Å². The van der Waals surface area contributed by atoms with Crippen molar-refractivity contribution in [2.75, 3.05) is 0 Å². The van der Waals surface area contributed by atoms with E-state index in [1.807, 2.05) is 97.1 Å². The summed E-state index contributed by atoms with van der Waals surface area (Å²) in [4.78, 5) is 21.7. The van der Waals surface area contributed by atoms with Gasteiger partial charge in [0.25, 0.3) is 0 Å². The Morgan fingerprint density at radius 1 is 0.659 bits per heavy atom. The van der Waals surface area contributed by atoms with Gasteiger partial charge in [0.2, 0.25) is 0 Å². The topological polar surface area (TPSA) is 69.8 Å². The third-order valence-electron chi connectivity index (χ3n) is 7.30. The molecule has 7 aromatic rings. The van der Waals surface area contributed by atoms with Crippen molar-refractivity contribution in [1.82, 2.24) is 19.9 Å². The normalized spacial score (nSPS) is 15.5. The van der Waals surface area contributed by atoms with Crippen LogP contribution in [-0.4, -0.2) is 15.0 Å². The maximum atomic E-state index is 14.7. The summed E-state index contributed by atoms with van der Waals surface area (Å²) in [5, 5.41) is 2.83. The van der Waals surface area contributed by atoms with Crippen molar-refractivity contribution in [2.24, 2.45) is 0 Å². The first-order chi connectivity index (χ1) is 21.2. The minimum absolute atomic E-state index is 0. The maximum Gasteiger partial charge on any atom is 0.139 e. The fourth-order valence-corrected chi connectivity index (χ4v) is 12.2. The van der Waals surface area contributed by atoms with E-state index in [1.165, 1.54) is 0 Å². The second kappa shape index (κ2) is 12.0. The zero-order chi connectivity index (χ0) is 28.8. The van der Waals surface area contributed by atoms with Gasteiger partial charge in [-0.1, -0.05) is 88.7 Å². The smallest absolute Gasteiger partial charge is 0.139 e. The van der Waals surface area contributed by atoms with Crippen molar-refractivity contribution in [2.45, 2.75) is 19.6 Å². The standard InChI is InChI=1S/C23H13NOPS2.C12H8N3.Ir/c25-26-17-8-1-3-10-19(17)27-21-13-15(16-7-5-6-12-24-16)14-22(23(21)26)28-20-11-4-2-9-18(20)26;1-2-6-10-9(5-1)14-12(15-10)11-7-3-4-8-13-11;/h1-13H;1-8H;/q2*-1;. The molecule has 9 heteroatoms. The van der Waals surface area contributed by atoms with Crippen molar-refractivity contribution in [3.05, 3.63) is 134 Å². The minimum atomic E-state index is -2.92. The van der Waals surface area contributed by atoms with Gasteiger partial charge in [0.15, 0.2) is 0 Å². The number of hydrogen-bond acceptors (Lipinski definition) is 6. The maximum absolute atomic E-state index is 14.7. The fraction of sp³-hybridized carbons (Fsp3) is 0. The van der Waals surface area contributed by atoms with Gasteiger partial charge in [0, 0.05) is 52.9 Å². The zero-order valence-corrected chi connectivity index (χ0v) is 27.8. The van der Waals surface area contributed by atoms with E-state index in [-0.39, 0.29) is 20.1 Å². The predicted molar refractivity (Wildman–Crippen MR) is 174 cm³/mol. The molecule has 3 aromatic heterocycles. The summed E-state index contributed by atoms with van der Waals surface area (Å²) in [7, 11) is -2.92. The molecule has 44 heavy (non-hydrogen) atoms. The van der Waals surface area contributed by atoms with Gasteiger partial charge in [-0.05, 0) is 58.2 Å². The Bertz CT molecular complexity index is 2080. The predicted octanol–water partition coefficient (Wildman–Crippen LogP) is 7.37. The van der Waals surface area contributed by atoms with E-state index in [1.54, 1.807) is 35.9 Å². The second-order valence-corrected chi connectivity index (χ2v) is 14.7. The molecular formula is C35H21IrN4OPS2-2. The second-order valence-electron chi connectivity index (χ2n) is 9.94. The Balaban J connectivity index is 0.000000166. The molecule has 0 N–H and O–H groups in total. The Labute approximate surface area is 276 Å². The molecule has 0 aliphatic carbocycles. The van der Waals surface area contributed by atoms with E-state index in [4.69, 9.17) is 0 Å². The first-order valence-corrected chi connectivity index (χ1v) is 17.0. The fourth-order valence-electron chi connectivity index (χ4n) is 5.36. The molecule has 5 nitrogen and oxygen atoms in total. The molecule has 1 atom stereocenters. The summed E-state index contributed by atoms with van der Waals surface area (Å²) in [5.74, 6) is 0.691. The number of imidazole rings is 1. The molecule has 5 heterocycles. The molecule has 0 fully saturated rings. The van der Waals surface area contributed by atoms with Crippen molar-refractivity contribution in [3.63, 3.8) is 0 Å². The Morgan fingerprint density at radius 3 is 1.95 bits per heavy atom. The SMILES string of the molecule is O=P12c3ccccc3Sc3[c-]c(-c4ccccn4)cc(c31)Sc1ccccc12.[Ir].c1ccc(-c2nc3ccccc3[n-]2)nc1. The van der Waals surface area contributed by atoms with Crippen LogP contribution in [0, 0.1) is 6.07 Å². The summed E-state index contributed by atoms with van der Waals surface area (Å²) in [6.45, 7) is 0. The van der Waals surface area contributed by atoms with Crippen LogP contribution in [0.5, 0.6) is 0 Å². The Hall–Kier alpha value is -3.77. The van der Waals surface area contributed by atoms with Crippen LogP contribution < -0.4 is 20.9 Å². The van der Waals surface area contributed by atoms with Crippen molar-refractivity contribution in [1.29, 1.82) is 0 Å². The summed E-state index contributed by atoms with van der Waals surface area (Å²) in [5.41, 5.74) is 4.47. The van der Waals surface area contributed by atoms with Crippen LogP contribution in [0.1, 0.15) is 0 Å². The van der Waals surface area contributed by atoms with E-state index in [2.05, 4.69) is 44.2 Å². The largest absolute Gasteiger partial charge is 0.434 e. The van der Waals surface area contributed by atoms with E-state index in [9.17, 15) is 4.57 Å². The molecule has 4 aromatic carbocycles.